The Labute approximate surface area is 183 Å². The number of nitrogens with two attached hydrogens (primary N) is 1. The molecule has 1 aliphatic carbocycles. The highest BCUT2D eigenvalue weighted by Crippen LogP contribution is 2.45. The van der Waals surface area contributed by atoms with Crippen LogP contribution in [0.5, 0.6) is 5.75 Å². The van der Waals surface area contributed by atoms with Crippen LogP contribution in [0.15, 0.2) is 55.1 Å². The highest BCUT2D eigenvalue weighted by atomic mass is 32.2. The Morgan fingerprint density at radius 3 is 2.84 bits per heavy atom. The van der Waals surface area contributed by atoms with Crippen LogP contribution in [0.1, 0.15) is 41.3 Å². The number of hydrogen-bond acceptors (Lipinski definition) is 5. The van der Waals surface area contributed by atoms with E-state index in [0.29, 0.717) is 42.8 Å². The van der Waals surface area contributed by atoms with Gasteiger partial charge in [0.1, 0.15) is 12.4 Å². The Balaban J connectivity index is 1.83. The second-order valence-electron chi connectivity index (χ2n) is 8.33. The SMILES string of the molecule is C=C[C@H](CC)S(=O)(=O)C1CCc2ccccc2C12CNc1cc(C(N)=O)ccc1OC2. The molecule has 4 rings (SSSR count). The van der Waals surface area contributed by atoms with Gasteiger partial charge in [0.15, 0.2) is 9.84 Å². The fourth-order valence-electron chi connectivity index (χ4n) is 5.02. The zero-order valence-corrected chi connectivity index (χ0v) is 18.5. The van der Waals surface area contributed by atoms with Gasteiger partial charge in [-0.3, -0.25) is 4.79 Å². The number of carbonyl (C=O) groups excluding carboxylic acids is 1. The van der Waals surface area contributed by atoms with E-state index in [9.17, 15) is 13.2 Å². The largest absolute Gasteiger partial charge is 0.490 e. The molecule has 164 valence electrons. The molecule has 7 heteroatoms. The average Bonchev–Trinajstić information content (AvgIpc) is 2.95. The molecule has 1 amide bonds. The first-order chi connectivity index (χ1) is 14.8. The Morgan fingerprint density at radius 1 is 1.35 bits per heavy atom. The molecule has 2 aromatic rings. The molecule has 0 saturated heterocycles. The van der Waals surface area contributed by atoms with Gasteiger partial charge < -0.3 is 15.8 Å². The normalized spacial score (nSPS) is 23.5. The third kappa shape index (κ3) is 3.51. The molecule has 2 unspecified atom stereocenters. The zero-order chi connectivity index (χ0) is 22.2. The van der Waals surface area contributed by atoms with Crippen molar-refractivity contribution in [1.82, 2.24) is 0 Å². The van der Waals surface area contributed by atoms with Crippen molar-refractivity contribution in [2.24, 2.45) is 5.73 Å². The van der Waals surface area contributed by atoms with Crippen molar-refractivity contribution in [2.45, 2.75) is 42.1 Å². The number of nitrogens with one attached hydrogen (secondary N) is 1. The molecule has 2 aromatic carbocycles. The minimum Gasteiger partial charge on any atom is -0.490 e. The predicted molar refractivity (Wildman–Crippen MR) is 122 cm³/mol. The van der Waals surface area contributed by atoms with Crippen LogP contribution in [0.4, 0.5) is 5.69 Å². The van der Waals surface area contributed by atoms with Gasteiger partial charge in [-0.15, -0.1) is 6.58 Å². The Kier molecular flexibility index (Phi) is 5.56. The summed E-state index contributed by atoms with van der Waals surface area (Å²) < 4.78 is 33.7. The maximum absolute atomic E-state index is 13.7. The Morgan fingerprint density at radius 2 is 2.13 bits per heavy atom. The van der Waals surface area contributed by atoms with E-state index in [2.05, 4.69) is 18.0 Å². The number of hydrogen-bond donors (Lipinski definition) is 2. The monoisotopic (exact) mass is 440 g/mol. The van der Waals surface area contributed by atoms with E-state index < -0.39 is 31.7 Å². The number of primary amides is 1. The lowest BCUT2D eigenvalue weighted by atomic mass is 9.70. The minimum atomic E-state index is -3.51. The minimum absolute atomic E-state index is 0.220. The lowest BCUT2D eigenvalue weighted by Crippen LogP contribution is -2.56. The first kappa shape index (κ1) is 21.4. The molecule has 0 aromatic heterocycles. The van der Waals surface area contributed by atoms with Gasteiger partial charge >= 0.3 is 0 Å². The molecule has 31 heavy (non-hydrogen) atoms. The van der Waals surface area contributed by atoms with Crippen molar-refractivity contribution in [2.75, 3.05) is 18.5 Å². The van der Waals surface area contributed by atoms with Crippen LogP contribution in [0.2, 0.25) is 0 Å². The van der Waals surface area contributed by atoms with E-state index in [1.165, 1.54) is 0 Å². The zero-order valence-electron chi connectivity index (χ0n) is 17.6. The van der Waals surface area contributed by atoms with Crippen LogP contribution in [-0.2, 0) is 21.7 Å². The quantitative estimate of drug-likeness (QED) is 0.696. The summed E-state index contributed by atoms with van der Waals surface area (Å²) in [7, 11) is -3.51. The van der Waals surface area contributed by atoms with Crippen LogP contribution in [-0.4, -0.2) is 38.0 Å². The van der Waals surface area contributed by atoms with Crippen molar-refractivity contribution < 1.29 is 17.9 Å². The number of ether oxygens (including phenoxy) is 1. The highest BCUT2D eigenvalue weighted by Gasteiger charge is 2.53. The lowest BCUT2D eigenvalue weighted by molar-refractivity contribution is 0.1000. The van der Waals surface area contributed by atoms with Crippen LogP contribution >= 0.6 is 0 Å². The molecule has 1 spiro atoms. The van der Waals surface area contributed by atoms with Crippen LogP contribution < -0.4 is 15.8 Å². The summed E-state index contributed by atoms with van der Waals surface area (Å²) in [4.78, 5) is 11.6. The Bertz CT molecular complexity index is 1130. The first-order valence-corrected chi connectivity index (χ1v) is 12.2. The summed E-state index contributed by atoms with van der Waals surface area (Å²) in [6.45, 7) is 6.24. The third-order valence-corrected chi connectivity index (χ3v) is 9.52. The van der Waals surface area contributed by atoms with Gasteiger partial charge in [-0.2, -0.15) is 0 Å². The summed E-state index contributed by atoms with van der Waals surface area (Å²) in [6, 6.07) is 13.0. The topological polar surface area (TPSA) is 98.5 Å². The Hall–Kier alpha value is -2.80. The van der Waals surface area contributed by atoms with Gasteiger partial charge in [0.2, 0.25) is 5.91 Å². The van der Waals surface area contributed by atoms with E-state index in [0.717, 1.165) is 11.1 Å². The number of anilines is 1. The van der Waals surface area contributed by atoms with Gasteiger partial charge in [-0.1, -0.05) is 37.3 Å². The molecule has 1 heterocycles. The second-order valence-corrected chi connectivity index (χ2v) is 10.7. The summed E-state index contributed by atoms with van der Waals surface area (Å²) in [5.74, 6) is 0.0561. The molecule has 2 aliphatic rings. The van der Waals surface area contributed by atoms with Gasteiger partial charge in [0.05, 0.1) is 21.6 Å². The average molecular weight is 441 g/mol. The van der Waals surface area contributed by atoms with E-state index >= 15 is 0 Å². The molecule has 0 bridgehead atoms. The predicted octanol–water partition coefficient (Wildman–Crippen LogP) is 3.22. The smallest absolute Gasteiger partial charge is 0.248 e. The molecule has 0 radical (unpaired) electrons. The number of sulfone groups is 1. The van der Waals surface area contributed by atoms with E-state index in [1.54, 1.807) is 24.3 Å². The van der Waals surface area contributed by atoms with Crippen LogP contribution in [0.3, 0.4) is 0 Å². The maximum Gasteiger partial charge on any atom is 0.248 e. The van der Waals surface area contributed by atoms with Crippen LogP contribution in [0, 0.1) is 0 Å². The molecular weight excluding hydrogens is 412 g/mol. The van der Waals surface area contributed by atoms with E-state index in [1.807, 2.05) is 25.1 Å². The summed E-state index contributed by atoms with van der Waals surface area (Å²) in [5.41, 5.74) is 7.83. The fourth-order valence-corrected chi connectivity index (χ4v) is 7.53. The molecule has 0 fully saturated rings. The van der Waals surface area contributed by atoms with Gasteiger partial charge in [0, 0.05) is 12.1 Å². The standard InChI is InChI=1S/C24H28N2O4S/c1-3-18(4-2)31(28,29)22-12-10-16-7-5-6-8-19(16)24(22)14-26-20-13-17(23(25)27)9-11-21(20)30-15-24/h3,5-9,11,13,18,22,26H,1,4,10,12,14-15H2,2H3,(H2,25,27)/t18-,22?,24?/m1/s1. The van der Waals surface area contributed by atoms with Gasteiger partial charge in [0.25, 0.3) is 0 Å². The summed E-state index contributed by atoms with van der Waals surface area (Å²) >= 11 is 0. The molecule has 1 aliphatic heterocycles. The first-order valence-electron chi connectivity index (χ1n) is 10.6. The number of rotatable bonds is 5. The van der Waals surface area contributed by atoms with Crippen molar-refractivity contribution in [3.63, 3.8) is 0 Å². The number of benzene rings is 2. The molecular formula is C24H28N2O4S. The molecule has 3 atom stereocenters. The molecule has 3 N–H and O–H groups in total. The van der Waals surface area contributed by atoms with E-state index in [4.69, 9.17) is 10.5 Å². The number of aryl methyl sites for hydroxylation is 1. The summed E-state index contributed by atoms with van der Waals surface area (Å²) in [5, 5.41) is 2.16. The van der Waals surface area contributed by atoms with Crippen molar-refractivity contribution >= 4 is 21.4 Å². The van der Waals surface area contributed by atoms with Crippen LogP contribution in [0.25, 0.3) is 0 Å². The summed E-state index contributed by atoms with van der Waals surface area (Å²) in [6.07, 6.45) is 3.25. The second kappa shape index (κ2) is 8.04. The molecule has 6 nitrogen and oxygen atoms in total. The van der Waals surface area contributed by atoms with Gasteiger partial charge in [-0.05, 0) is 48.6 Å². The van der Waals surface area contributed by atoms with Crippen molar-refractivity contribution in [3.05, 3.63) is 71.8 Å². The molecule has 0 saturated carbocycles. The third-order valence-electron chi connectivity index (χ3n) is 6.67. The number of fused-ring (bicyclic) bond motifs is 3. The van der Waals surface area contributed by atoms with Crippen molar-refractivity contribution in [1.29, 1.82) is 0 Å². The number of amides is 1. The highest BCUT2D eigenvalue weighted by molar-refractivity contribution is 7.92. The fraction of sp³-hybridized carbons (Fsp3) is 0.375. The number of carbonyl (C=O) groups is 1. The van der Waals surface area contributed by atoms with Gasteiger partial charge in [-0.25, -0.2) is 8.42 Å². The van der Waals surface area contributed by atoms with E-state index in [-0.39, 0.29) is 6.61 Å². The van der Waals surface area contributed by atoms with Crippen molar-refractivity contribution in [3.8, 4) is 5.75 Å². The lowest BCUT2D eigenvalue weighted by Gasteiger charge is -2.44. The maximum atomic E-state index is 13.7.